The highest BCUT2D eigenvalue weighted by Gasteiger charge is 2.24. The first-order chi connectivity index (χ1) is 35.7. The second-order valence-electron chi connectivity index (χ2n) is 18.2. The van der Waals surface area contributed by atoms with Crippen LogP contribution in [0.15, 0.2) is 279 Å². The summed E-state index contributed by atoms with van der Waals surface area (Å²) in [5.41, 5.74) is 17.6. The number of para-hydroxylation sites is 3. The molecule has 2 heterocycles. The second kappa shape index (κ2) is 18.4. The molecule has 0 spiro atoms. The van der Waals surface area contributed by atoms with Crippen molar-refractivity contribution in [2.75, 3.05) is 9.80 Å². The lowest BCUT2D eigenvalue weighted by molar-refractivity contribution is 1.26. The van der Waals surface area contributed by atoms with E-state index in [2.05, 4.69) is 265 Å². The molecule has 0 N–H and O–H groups in total. The summed E-state index contributed by atoms with van der Waals surface area (Å²) < 4.78 is 0. The van der Waals surface area contributed by atoms with Gasteiger partial charge in [0.2, 0.25) is 0 Å². The fourth-order valence-electron chi connectivity index (χ4n) is 10.6. The number of anilines is 6. The number of hydrogen-bond donors (Lipinski definition) is 0. The van der Waals surface area contributed by atoms with Gasteiger partial charge < -0.3 is 9.80 Å². The van der Waals surface area contributed by atoms with E-state index in [1.165, 1.54) is 21.9 Å². The molecule has 72 heavy (non-hydrogen) atoms. The third-order valence-corrected chi connectivity index (χ3v) is 13.9. The van der Waals surface area contributed by atoms with Gasteiger partial charge in [0.15, 0.2) is 0 Å². The van der Waals surface area contributed by atoms with Gasteiger partial charge in [-0.3, -0.25) is 9.97 Å². The van der Waals surface area contributed by atoms with Crippen LogP contribution in [0.1, 0.15) is 0 Å². The van der Waals surface area contributed by atoms with Gasteiger partial charge in [-0.1, -0.05) is 164 Å². The molecule has 4 heteroatoms. The van der Waals surface area contributed by atoms with Crippen molar-refractivity contribution < 1.29 is 0 Å². The summed E-state index contributed by atoms with van der Waals surface area (Å²) in [4.78, 5) is 14.2. The maximum absolute atomic E-state index is 4.73. The predicted octanol–water partition coefficient (Wildman–Crippen LogP) is 18.7. The van der Waals surface area contributed by atoms with E-state index >= 15 is 0 Å². The molecular weight excluding hydrogens is 873 g/mol. The van der Waals surface area contributed by atoms with Crippen molar-refractivity contribution in [3.8, 4) is 44.5 Å². The topological polar surface area (TPSA) is 32.3 Å². The van der Waals surface area contributed by atoms with E-state index in [1.54, 1.807) is 0 Å². The lowest BCUT2D eigenvalue weighted by Crippen LogP contribution is -2.12. The average Bonchev–Trinajstić information content (AvgIpc) is 3.46. The Hall–Kier alpha value is -9.64. The summed E-state index contributed by atoms with van der Waals surface area (Å²) in [6.07, 6.45) is 3.74. The molecule has 2 aromatic heterocycles. The first kappa shape index (κ1) is 42.5. The highest BCUT2D eigenvalue weighted by atomic mass is 15.2. The molecule has 0 atom stereocenters. The van der Waals surface area contributed by atoms with Crippen molar-refractivity contribution in [3.05, 3.63) is 279 Å². The minimum absolute atomic E-state index is 0.977. The van der Waals surface area contributed by atoms with Crippen LogP contribution in [-0.4, -0.2) is 9.97 Å². The van der Waals surface area contributed by atoms with Gasteiger partial charge in [0.1, 0.15) is 0 Å². The summed E-state index contributed by atoms with van der Waals surface area (Å²) in [6.45, 7) is 0. The largest absolute Gasteiger partial charge is 0.311 e. The van der Waals surface area contributed by atoms with E-state index in [4.69, 9.17) is 9.97 Å². The Morgan fingerprint density at radius 1 is 0.250 bits per heavy atom. The lowest BCUT2D eigenvalue weighted by atomic mass is 9.84. The van der Waals surface area contributed by atoms with Crippen LogP contribution >= 0.6 is 0 Å². The first-order valence-electron chi connectivity index (χ1n) is 24.5. The van der Waals surface area contributed by atoms with Gasteiger partial charge in [-0.15, -0.1) is 0 Å². The van der Waals surface area contributed by atoms with Crippen molar-refractivity contribution in [1.82, 2.24) is 9.97 Å². The number of hydrogen-bond acceptors (Lipinski definition) is 4. The number of fused-ring (bicyclic) bond motifs is 4. The minimum atomic E-state index is 0.977. The molecule has 0 fully saturated rings. The Balaban J connectivity index is 1.06. The number of nitrogens with zero attached hydrogens (tertiary/aromatic N) is 4. The zero-order valence-corrected chi connectivity index (χ0v) is 39.3. The number of aromatic nitrogens is 2. The van der Waals surface area contributed by atoms with Gasteiger partial charge >= 0.3 is 0 Å². The molecular formula is C68H46N4. The van der Waals surface area contributed by atoms with Crippen molar-refractivity contribution >= 4 is 77.5 Å². The van der Waals surface area contributed by atoms with Gasteiger partial charge in [0.25, 0.3) is 0 Å². The Kier molecular flexibility index (Phi) is 10.8. The molecule has 0 aliphatic heterocycles. The standard InChI is InChI=1S/C68H46N4/c1-4-23-55(24-5-1)71(56-25-6-2-7-26-56)58-37-39-59(40-38-58)72(57-27-8-3-9-28-57)65-32-14-31-62-66(53-19-12-17-49(43-53)51-35-33-47-21-15-41-69-63(47)45-51)60-29-10-11-30-61(60)67(68(62)65)54-20-13-18-50(44-54)52-36-34-48-22-16-42-70-64(48)46-52/h1-46H. The smallest absolute Gasteiger partial charge is 0.0708 e. The van der Waals surface area contributed by atoms with Crippen molar-refractivity contribution in [2.45, 2.75) is 0 Å². The monoisotopic (exact) mass is 918 g/mol. The van der Waals surface area contributed by atoms with E-state index < -0.39 is 0 Å². The molecule has 0 amide bonds. The van der Waals surface area contributed by atoms with Crippen LogP contribution in [0.2, 0.25) is 0 Å². The van der Waals surface area contributed by atoms with Crippen LogP contribution in [0, 0.1) is 0 Å². The van der Waals surface area contributed by atoms with E-state index in [0.717, 1.165) is 100 Å². The van der Waals surface area contributed by atoms with Gasteiger partial charge in [0.05, 0.1) is 16.7 Å². The molecule has 0 saturated heterocycles. The lowest BCUT2D eigenvalue weighted by Gasteiger charge is -2.30. The van der Waals surface area contributed by atoms with Crippen LogP contribution in [0.25, 0.3) is 87.9 Å². The van der Waals surface area contributed by atoms with Gasteiger partial charge in [-0.2, -0.15) is 0 Å². The third kappa shape index (κ3) is 7.78. The Morgan fingerprint density at radius 3 is 1.19 bits per heavy atom. The molecule has 4 nitrogen and oxygen atoms in total. The summed E-state index contributed by atoms with van der Waals surface area (Å²) in [5.74, 6) is 0. The zero-order valence-electron chi connectivity index (χ0n) is 39.3. The highest BCUT2D eigenvalue weighted by Crippen LogP contribution is 2.51. The third-order valence-electron chi connectivity index (χ3n) is 13.9. The molecule has 13 rings (SSSR count). The van der Waals surface area contributed by atoms with Crippen LogP contribution in [0.3, 0.4) is 0 Å². The number of pyridine rings is 2. The molecule has 11 aromatic carbocycles. The average molecular weight is 919 g/mol. The molecule has 0 aliphatic rings. The van der Waals surface area contributed by atoms with Gasteiger partial charge in [0, 0.05) is 57.0 Å². The van der Waals surface area contributed by atoms with Crippen LogP contribution in [0.4, 0.5) is 34.1 Å². The second-order valence-corrected chi connectivity index (χ2v) is 18.2. The molecule has 13 aromatic rings. The normalized spacial score (nSPS) is 11.3. The Labute approximate surface area is 419 Å². The minimum Gasteiger partial charge on any atom is -0.311 e. The first-order valence-corrected chi connectivity index (χ1v) is 24.5. The van der Waals surface area contributed by atoms with E-state index in [-0.39, 0.29) is 0 Å². The van der Waals surface area contributed by atoms with Crippen molar-refractivity contribution in [1.29, 1.82) is 0 Å². The molecule has 0 bridgehead atoms. The molecule has 0 unspecified atom stereocenters. The van der Waals surface area contributed by atoms with Crippen molar-refractivity contribution in [2.24, 2.45) is 0 Å². The van der Waals surface area contributed by atoms with Crippen LogP contribution < -0.4 is 9.80 Å². The fourth-order valence-corrected chi connectivity index (χ4v) is 10.6. The van der Waals surface area contributed by atoms with Gasteiger partial charge in [-0.25, -0.2) is 0 Å². The Morgan fingerprint density at radius 2 is 0.653 bits per heavy atom. The molecule has 0 radical (unpaired) electrons. The fraction of sp³-hybridized carbons (Fsp3) is 0. The van der Waals surface area contributed by atoms with Crippen LogP contribution in [-0.2, 0) is 0 Å². The predicted molar refractivity (Wildman–Crippen MR) is 303 cm³/mol. The van der Waals surface area contributed by atoms with E-state index in [1.807, 2.05) is 24.5 Å². The van der Waals surface area contributed by atoms with E-state index in [0.29, 0.717) is 0 Å². The summed E-state index contributed by atoms with van der Waals surface area (Å²) in [7, 11) is 0. The highest BCUT2D eigenvalue weighted by molar-refractivity contribution is 6.25. The molecule has 338 valence electrons. The maximum atomic E-state index is 4.73. The summed E-state index contributed by atoms with van der Waals surface area (Å²) >= 11 is 0. The van der Waals surface area contributed by atoms with Crippen molar-refractivity contribution in [3.63, 3.8) is 0 Å². The molecule has 0 aliphatic carbocycles. The van der Waals surface area contributed by atoms with Crippen LogP contribution in [0.5, 0.6) is 0 Å². The quantitative estimate of drug-likeness (QED) is 0.128. The van der Waals surface area contributed by atoms with Gasteiger partial charge in [-0.05, 0) is 164 Å². The SMILES string of the molecule is c1ccc(N(c2ccccc2)c2ccc(N(c3ccccc3)c3cccc4c(-c5cccc(-c6ccc7cccnc7c6)c5)c5ccccc5c(-c5cccc(-c6ccc7cccnc7c6)c5)c34)cc2)cc1. The Bertz CT molecular complexity index is 4060. The number of benzene rings is 11. The summed E-state index contributed by atoms with van der Waals surface area (Å²) in [5, 5.41) is 6.93. The summed E-state index contributed by atoms with van der Waals surface area (Å²) in [6, 6.07) is 96.2. The zero-order chi connectivity index (χ0) is 47.8. The maximum Gasteiger partial charge on any atom is 0.0708 e. The van der Waals surface area contributed by atoms with E-state index in [9.17, 15) is 0 Å². The molecule has 0 saturated carbocycles. The number of rotatable bonds is 10.